The summed E-state index contributed by atoms with van der Waals surface area (Å²) < 4.78 is 20.3. The van der Waals surface area contributed by atoms with Crippen molar-refractivity contribution < 1.29 is 28.3 Å². The van der Waals surface area contributed by atoms with Crippen LogP contribution < -0.4 is 21.7 Å². The van der Waals surface area contributed by atoms with E-state index in [-0.39, 0.29) is 36.7 Å². The Hall–Kier alpha value is -3.83. The first-order valence-corrected chi connectivity index (χ1v) is 16.1. The molecule has 3 aromatic rings. The van der Waals surface area contributed by atoms with Gasteiger partial charge in [-0.15, -0.1) is 0 Å². The lowest BCUT2D eigenvalue weighted by Crippen LogP contribution is -2.62. The average molecular weight is 677 g/mol. The topological polar surface area (TPSA) is 155 Å². The molecule has 5 atom stereocenters. The number of alkyl carbamates (subject to hydrolysis) is 1. The van der Waals surface area contributed by atoms with Gasteiger partial charge >= 0.3 is 6.09 Å². The van der Waals surface area contributed by atoms with E-state index in [2.05, 4.69) is 20.9 Å². The van der Waals surface area contributed by atoms with Gasteiger partial charge in [-0.05, 0) is 47.6 Å². The van der Waals surface area contributed by atoms with Crippen molar-refractivity contribution in [2.45, 2.75) is 84.0 Å². The summed E-state index contributed by atoms with van der Waals surface area (Å²) >= 11 is 12.8. The number of hydrogen-bond acceptors (Lipinski definition) is 5. The molecule has 4 amide bonds. The number of ether oxygens (including phenoxy) is 1. The van der Waals surface area contributed by atoms with E-state index in [4.69, 9.17) is 33.7 Å². The van der Waals surface area contributed by atoms with Crippen molar-refractivity contribution in [1.82, 2.24) is 20.9 Å². The van der Waals surface area contributed by atoms with Gasteiger partial charge < -0.3 is 31.4 Å². The van der Waals surface area contributed by atoms with E-state index in [9.17, 15) is 23.6 Å². The highest BCUT2D eigenvalue weighted by atomic mass is 35.5. The molecular formula is C33H40Cl2FN5O5. The second-order valence-electron chi connectivity index (χ2n) is 12.1. The quantitative estimate of drug-likeness (QED) is 0.165. The predicted octanol–water partition coefficient (Wildman–Crippen LogP) is 5.31. The Morgan fingerprint density at radius 3 is 2.37 bits per heavy atom. The van der Waals surface area contributed by atoms with Crippen molar-refractivity contribution in [3.8, 4) is 0 Å². The molecule has 1 aliphatic carbocycles. The fraction of sp³-hybridized carbons (Fsp3) is 0.455. The van der Waals surface area contributed by atoms with Gasteiger partial charge in [0.1, 0.15) is 17.9 Å². The van der Waals surface area contributed by atoms with Crippen LogP contribution in [0.2, 0.25) is 10.0 Å². The number of rotatable bonds is 12. The minimum absolute atomic E-state index is 0.0408. The number of aryl methyl sites for hydroxylation is 1. The van der Waals surface area contributed by atoms with Gasteiger partial charge in [0.2, 0.25) is 17.7 Å². The molecule has 0 saturated carbocycles. The van der Waals surface area contributed by atoms with Gasteiger partial charge in [-0.25, -0.2) is 9.18 Å². The molecule has 4 rings (SSSR count). The number of fused-ring (bicyclic) bond motifs is 3. The van der Waals surface area contributed by atoms with Gasteiger partial charge in [-0.3, -0.25) is 14.4 Å². The minimum Gasteiger partial charge on any atom is -0.423 e. The maximum Gasteiger partial charge on any atom is 0.409 e. The molecule has 1 aliphatic rings. The van der Waals surface area contributed by atoms with Crippen LogP contribution in [-0.4, -0.2) is 46.6 Å². The van der Waals surface area contributed by atoms with Crippen molar-refractivity contribution in [3.05, 3.63) is 69.1 Å². The smallest absolute Gasteiger partial charge is 0.409 e. The largest absolute Gasteiger partial charge is 0.423 e. The Bertz CT molecular complexity index is 1630. The number of amides is 4. The fourth-order valence-electron chi connectivity index (χ4n) is 5.77. The van der Waals surface area contributed by atoms with E-state index in [0.29, 0.717) is 40.2 Å². The van der Waals surface area contributed by atoms with Crippen LogP contribution in [0.3, 0.4) is 0 Å². The van der Waals surface area contributed by atoms with Crippen LogP contribution in [0.4, 0.5) is 9.18 Å². The maximum atomic E-state index is 14.3. The molecular weight excluding hydrogens is 636 g/mol. The van der Waals surface area contributed by atoms with E-state index in [1.807, 2.05) is 13.8 Å². The Kier molecular flexibility index (Phi) is 11.2. The molecule has 0 spiro atoms. The molecule has 13 heteroatoms. The first-order chi connectivity index (χ1) is 21.8. The minimum atomic E-state index is -1.59. The van der Waals surface area contributed by atoms with Crippen molar-refractivity contribution in [2.24, 2.45) is 17.6 Å². The number of halogens is 3. The number of nitrogens with one attached hydrogen (secondary N) is 4. The normalized spacial score (nSPS) is 18.5. The Labute approximate surface area is 277 Å². The van der Waals surface area contributed by atoms with Gasteiger partial charge in [0.05, 0.1) is 17.0 Å². The zero-order chi connectivity index (χ0) is 33.8. The van der Waals surface area contributed by atoms with E-state index in [1.165, 1.54) is 18.2 Å². The number of nitrogens with two attached hydrogens (primary N) is 1. The number of aromatic amines is 1. The summed E-state index contributed by atoms with van der Waals surface area (Å²) in [5, 5.41) is 9.78. The highest BCUT2D eigenvalue weighted by molar-refractivity contribution is 6.38. The SMILES string of the molecule is CCC(C)C(NC(=O)OC1(NC(=O)C(NC(=O)Cc2ccccc2F)C(C)CC)CCc2[nH]c3c(Cl)cc(Cl)cc3c2C1)C(N)=O. The highest BCUT2D eigenvalue weighted by Gasteiger charge is 2.44. The summed E-state index contributed by atoms with van der Waals surface area (Å²) in [6, 6.07) is 7.26. The summed E-state index contributed by atoms with van der Waals surface area (Å²) in [4.78, 5) is 55.9. The fourth-order valence-corrected chi connectivity index (χ4v) is 6.31. The second kappa shape index (κ2) is 14.7. The van der Waals surface area contributed by atoms with E-state index in [0.717, 1.165) is 11.3 Å². The van der Waals surface area contributed by atoms with Crippen LogP contribution in [0.5, 0.6) is 0 Å². The van der Waals surface area contributed by atoms with Gasteiger partial charge in [-0.1, -0.05) is 81.9 Å². The molecule has 0 radical (unpaired) electrons. The van der Waals surface area contributed by atoms with Gasteiger partial charge in [-0.2, -0.15) is 0 Å². The van der Waals surface area contributed by atoms with E-state index in [1.54, 1.807) is 32.0 Å². The lowest BCUT2D eigenvalue weighted by atomic mass is 9.87. The third-order valence-electron chi connectivity index (χ3n) is 8.81. The molecule has 1 heterocycles. The number of primary amides is 1. The zero-order valence-electron chi connectivity index (χ0n) is 26.3. The van der Waals surface area contributed by atoms with Crippen LogP contribution in [0.1, 0.15) is 63.8 Å². The highest BCUT2D eigenvalue weighted by Crippen LogP contribution is 2.38. The van der Waals surface area contributed by atoms with Crippen LogP contribution in [0, 0.1) is 17.7 Å². The monoisotopic (exact) mass is 675 g/mol. The lowest BCUT2D eigenvalue weighted by Gasteiger charge is -2.39. The maximum absolute atomic E-state index is 14.3. The van der Waals surface area contributed by atoms with Crippen LogP contribution >= 0.6 is 23.2 Å². The van der Waals surface area contributed by atoms with Crippen LogP contribution in [0.25, 0.3) is 10.9 Å². The molecule has 5 unspecified atom stereocenters. The third-order valence-corrected chi connectivity index (χ3v) is 9.33. The number of H-pyrrole nitrogens is 1. The van der Waals surface area contributed by atoms with Gasteiger partial charge in [0, 0.05) is 28.9 Å². The molecule has 0 aliphatic heterocycles. The lowest BCUT2D eigenvalue weighted by molar-refractivity contribution is -0.136. The van der Waals surface area contributed by atoms with Crippen molar-refractivity contribution in [3.63, 3.8) is 0 Å². The summed E-state index contributed by atoms with van der Waals surface area (Å²) in [6.45, 7) is 7.32. The number of benzene rings is 2. The van der Waals surface area contributed by atoms with E-state index >= 15 is 0 Å². The van der Waals surface area contributed by atoms with Crippen molar-refractivity contribution >= 4 is 57.9 Å². The first-order valence-electron chi connectivity index (χ1n) is 15.4. The van der Waals surface area contributed by atoms with Crippen molar-refractivity contribution in [2.75, 3.05) is 0 Å². The number of aromatic nitrogens is 1. The number of carbonyl (C=O) groups excluding carboxylic acids is 4. The molecule has 0 fully saturated rings. The zero-order valence-corrected chi connectivity index (χ0v) is 27.8. The molecule has 0 bridgehead atoms. The molecule has 2 aromatic carbocycles. The second-order valence-corrected chi connectivity index (χ2v) is 12.9. The standard InChI is InChI=1S/C33H40Cl2FN5O5/c1-5-17(3)27(30(37)43)40-32(45)46-33(12-11-25-22(16-33)21-14-20(34)15-23(35)29(21)38-25)41-31(44)28(18(4)6-2)39-26(42)13-19-9-7-8-10-24(19)36/h7-10,14-15,17-18,27-28,38H,5-6,11-13,16H2,1-4H3,(H2,37,43)(H,39,42)(H,40,45)(H,41,44). The average Bonchev–Trinajstić information content (AvgIpc) is 3.36. The third kappa shape index (κ3) is 7.93. The Balaban J connectivity index is 1.66. The Morgan fingerprint density at radius 2 is 1.72 bits per heavy atom. The molecule has 46 heavy (non-hydrogen) atoms. The molecule has 6 N–H and O–H groups in total. The predicted molar refractivity (Wildman–Crippen MR) is 175 cm³/mol. The van der Waals surface area contributed by atoms with Gasteiger partial charge in [0.25, 0.3) is 0 Å². The summed E-state index contributed by atoms with van der Waals surface area (Å²) in [5.74, 6) is -2.97. The summed E-state index contributed by atoms with van der Waals surface area (Å²) in [5.41, 5.74) is 6.44. The first kappa shape index (κ1) is 35.0. The number of carbonyl (C=O) groups is 4. The summed E-state index contributed by atoms with van der Waals surface area (Å²) in [6.07, 6.45) is 0.472. The van der Waals surface area contributed by atoms with Crippen LogP contribution in [0.15, 0.2) is 36.4 Å². The number of hydrogen-bond donors (Lipinski definition) is 5. The van der Waals surface area contributed by atoms with Gasteiger partial charge in [0.15, 0.2) is 5.72 Å². The van der Waals surface area contributed by atoms with Crippen LogP contribution in [-0.2, 0) is 38.4 Å². The Morgan fingerprint density at radius 1 is 1.04 bits per heavy atom. The van der Waals surface area contributed by atoms with Crippen molar-refractivity contribution in [1.29, 1.82) is 0 Å². The summed E-state index contributed by atoms with van der Waals surface area (Å²) in [7, 11) is 0. The molecule has 10 nitrogen and oxygen atoms in total. The molecule has 0 saturated heterocycles. The molecule has 1 aromatic heterocycles. The van der Waals surface area contributed by atoms with E-state index < -0.39 is 47.4 Å². The molecule has 248 valence electrons.